The van der Waals surface area contributed by atoms with Gasteiger partial charge in [0.1, 0.15) is 23.2 Å². The van der Waals surface area contributed by atoms with Gasteiger partial charge in [0, 0.05) is 21.0 Å². The Morgan fingerprint density at radius 1 is 1.48 bits per heavy atom. The van der Waals surface area contributed by atoms with Crippen LogP contribution >= 0.6 is 22.6 Å². The topological polar surface area (TPSA) is 70.8 Å². The van der Waals surface area contributed by atoms with Crippen LogP contribution in [-0.2, 0) is 10.3 Å². The van der Waals surface area contributed by atoms with Gasteiger partial charge in [-0.3, -0.25) is 10.1 Å². The molecule has 1 aromatic rings. The fourth-order valence-electron chi connectivity index (χ4n) is 2.67. The van der Waals surface area contributed by atoms with Crippen LogP contribution in [0.1, 0.15) is 18.4 Å². The van der Waals surface area contributed by atoms with Crippen LogP contribution in [-0.4, -0.2) is 36.2 Å². The molecule has 0 saturated carbocycles. The highest BCUT2D eigenvalue weighted by molar-refractivity contribution is 14.1. The van der Waals surface area contributed by atoms with E-state index in [0.29, 0.717) is 22.3 Å². The molecule has 0 bridgehead atoms. The molecule has 21 heavy (non-hydrogen) atoms. The molecule has 0 amide bonds. The smallest absolute Gasteiger partial charge is 0.229 e. The third-order valence-corrected chi connectivity index (χ3v) is 4.96. The summed E-state index contributed by atoms with van der Waals surface area (Å²) in [6, 6.07) is 5.59. The summed E-state index contributed by atoms with van der Waals surface area (Å²) in [5.74, 6) is 1.40. The molecular weight excluding hydrogens is 389 g/mol. The van der Waals surface area contributed by atoms with Gasteiger partial charge in [0.2, 0.25) is 6.54 Å². The second-order valence-corrected chi connectivity index (χ2v) is 5.75. The number of methoxy groups -OCH3 is 2. The molecule has 0 aromatic heterocycles. The lowest BCUT2D eigenvalue weighted by Crippen LogP contribution is -2.31. The molecule has 0 N–H and O–H groups in total. The summed E-state index contributed by atoms with van der Waals surface area (Å²) in [7, 11) is 3.20. The van der Waals surface area contributed by atoms with Crippen LogP contribution < -0.4 is 9.47 Å². The highest BCUT2D eigenvalue weighted by Gasteiger charge is 2.44. The number of alkyl halides is 1. The number of hydrogen-bond acceptors (Lipinski definition) is 5. The number of rotatable bonds is 6. The fourth-order valence-corrected chi connectivity index (χ4v) is 3.64. The Bertz CT molecular complexity index is 524. The zero-order valence-electron chi connectivity index (χ0n) is 12.0. The summed E-state index contributed by atoms with van der Waals surface area (Å²) in [6.07, 6.45) is 1.08. The van der Waals surface area contributed by atoms with Crippen LogP contribution in [0.4, 0.5) is 0 Å². The van der Waals surface area contributed by atoms with Gasteiger partial charge >= 0.3 is 0 Å². The van der Waals surface area contributed by atoms with Crippen molar-refractivity contribution in [2.45, 2.75) is 24.5 Å². The number of benzene rings is 1. The van der Waals surface area contributed by atoms with Crippen molar-refractivity contribution in [1.29, 1.82) is 0 Å². The summed E-state index contributed by atoms with van der Waals surface area (Å²) < 4.78 is 17.4. The van der Waals surface area contributed by atoms with E-state index in [2.05, 4.69) is 22.6 Å². The Labute approximate surface area is 137 Å². The Morgan fingerprint density at radius 2 is 2.24 bits per heavy atom. The first-order valence-corrected chi connectivity index (χ1v) is 8.15. The van der Waals surface area contributed by atoms with Gasteiger partial charge in [-0.2, -0.15) is 0 Å². The second-order valence-electron chi connectivity index (χ2n) is 4.99. The molecule has 2 atom stereocenters. The summed E-state index contributed by atoms with van der Waals surface area (Å²) in [5.41, 5.74) is 0.393. The Morgan fingerprint density at radius 3 is 2.81 bits per heavy atom. The van der Waals surface area contributed by atoms with Crippen LogP contribution in [0, 0.1) is 10.1 Å². The van der Waals surface area contributed by atoms with Crippen molar-refractivity contribution in [2.24, 2.45) is 0 Å². The Balaban J connectivity index is 2.31. The average Bonchev–Trinajstić information content (AvgIpc) is 2.90. The zero-order chi connectivity index (χ0) is 15.5. The minimum absolute atomic E-state index is 0.156. The quantitative estimate of drug-likeness (QED) is 0.314. The van der Waals surface area contributed by atoms with Crippen LogP contribution in [0.5, 0.6) is 11.5 Å². The highest BCUT2D eigenvalue weighted by Crippen LogP contribution is 2.45. The largest absolute Gasteiger partial charge is 0.497 e. The van der Waals surface area contributed by atoms with E-state index >= 15 is 0 Å². The highest BCUT2D eigenvalue weighted by atomic mass is 127. The van der Waals surface area contributed by atoms with E-state index in [1.54, 1.807) is 14.2 Å². The molecule has 1 saturated heterocycles. The Kier molecular flexibility index (Phi) is 5.26. The Hall–Kier alpha value is -1.09. The number of halogens is 1. The molecule has 0 aliphatic carbocycles. The van der Waals surface area contributed by atoms with E-state index in [9.17, 15) is 10.1 Å². The van der Waals surface area contributed by atoms with Crippen molar-refractivity contribution >= 4 is 22.6 Å². The van der Waals surface area contributed by atoms with Crippen LogP contribution in [0.25, 0.3) is 0 Å². The van der Waals surface area contributed by atoms with E-state index in [4.69, 9.17) is 14.2 Å². The van der Waals surface area contributed by atoms with Gasteiger partial charge in [0.15, 0.2) is 0 Å². The predicted octanol–water partition coefficient (Wildman–Crippen LogP) is 2.79. The molecule has 116 valence electrons. The van der Waals surface area contributed by atoms with Gasteiger partial charge in [-0.25, -0.2) is 0 Å². The molecule has 1 heterocycles. The van der Waals surface area contributed by atoms with Crippen molar-refractivity contribution < 1.29 is 19.1 Å². The summed E-state index contributed by atoms with van der Waals surface area (Å²) >= 11 is 2.26. The lowest BCUT2D eigenvalue weighted by atomic mass is 9.91. The van der Waals surface area contributed by atoms with Crippen molar-refractivity contribution in [3.63, 3.8) is 0 Å². The van der Waals surface area contributed by atoms with E-state index in [-0.39, 0.29) is 17.6 Å². The number of ether oxygens (including phenoxy) is 3. The van der Waals surface area contributed by atoms with Gasteiger partial charge < -0.3 is 14.2 Å². The third kappa shape index (κ3) is 3.39. The minimum atomic E-state index is -0.529. The maximum atomic E-state index is 10.7. The van der Waals surface area contributed by atoms with Crippen LogP contribution in [0.15, 0.2) is 18.2 Å². The van der Waals surface area contributed by atoms with Crippen molar-refractivity contribution in [2.75, 3.05) is 25.2 Å². The molecule has 2 rings (SSSR count). The molecule has 6 nitrogen and oxygen atoms in total. The molecular formula is C14H18INO5. The SMILES string of the molecule is COc1ccc(C2(CI)CCC(C[N+](=O)[O-])O2)c(OC)c1. The van der Waals surface area contributed by atoms with Gasteiger partial charge in [-0.05, 0) is 25.0 Å². The first kappa shape index (κ1) is 16.3. The number of hydrogen-bond donors (Lipinski definition) is 0. The minimum Gasteiger partial charge on any atom is -0.497 e. The van der Waals surface area contributed by atoms with E-state index < -0.39 is 5.60 Å². The summed E-state index contributed by atoms with van der Waals surface area (Å²) in [6.45, 7) is -0.156. The van der Waals surface area contributed by atoms with Crippen LogP contribution in [0.2, 0.25) is 0 Å². The molecule has 0 spiro atoms. The van der Waals surface area contributed by atoms with E-state index in [1.165, 1.54) is 0 Å². The average molecular weight is 407 g/mol. The molecule has 1 aliphatic rings. The lowest BCUT2D eigenvalue weighted by molar-refractivity contribution is -0.491. The normalized spacial score (nSPS) is 24.8. The summed E-state index contributed by atoms with van der Waals surface area (Å²) in [4.78, 5) is 10.4. The lowest BCUT2D eigenvalue weighted by Gasteiger charge is -2.29. The van der Waals surface area contributed by atoms with E-state index in [1.807, 2.05) is 18.2 Å². The molecule has 0 radical (unpaired) electrons. The maximum absolute atomic E-state index is 10.7. The van der Waals surface area contributed by atoms with Crippen molar-refractivity contribution in [3.8, 4) is 11.5 Å². The predicted molar refractivity (Wildman–Crippen MR) is 86.1 cm³/mol. The fraction of sp³-hybridized carbons (Fsp3) is 0.571. The molecule has 1 aromatic carbocycles. The summed E-state index contributed by atoms with van der Waals surface area (Å²) in [5, 5.41) is 10.7. The van der Waals surface area contributed by atoms with Crippen molar-refractivity contribution in [3.05, 3.63) is 33.9 Å². The van der Waals surface area contributed by atoms with Gasteiger partial charge in [-0.15, -0.1) is 0 Å². The van der Waals surface area contributed by atoms with Gasteiger partial charge in [0.05, 0.1) is 14.2 Å². The number of nitro groups is 1. The first-order chi connectivity index (χ1) is 10.0. The maximum Gasteiger partial charge on any atom is 0.229 e. The van der Waals surface area contributed by atoms with E-state index in [0.717, 1.165) is 12.0 Å². The second kappa shape index (κ2) is 6.78. The molecule has 7 heteroatoms. The first-order valence-electron chi connectivity index (χ1n) is 6.62. The number of nitrogens with zero attached hydrogens (tertiary/aromatic N) is 1. The van der Waals surface area contributed by atoms with Gasteiger partial charge in [0.25, 0.3) is 0 Å². The van der Waals surface area contributed by atoms with Crippen molar-refractivity contribution in [1.82, 2.24) is 0 Å². The van der Waals surface area contributed by atoms with Crippen LogP contribution in [0.3, 0.4) is 0 Å². The molecule has 2 unspecified atom stereocenters. The zero-order valence-corrected chi connectivity index (χ0v) is 14.2. The molecule has 1 fully saturated rings. The molecule has 1 aliphatic heterocycles. The van der Waals surface area contributed by atoms with Gasteiger partial charge in [-0.1, -0.05) is 22.6 Å². The standard InChI is InChI=1S/C14H18INO5/c1-19-10-3-4-12(13(7-10)20-2)14(9-15)6-5-11(21-14)8-16(17)18/h3-4,7,11H,5-6,8-9H2,1-2H3. The third-order valence-electron chi connectivity index (χ3n) is 3.73. The monoisotopic (exact) mass is 407 g/mol.